The number of carbonyl (C=O) groups excluding carboxylic acids is 1. The van der Waals surface area contributed by atoms with E-state index in [-0.39, 0.29) is 11.7 Å². The minimum atomic E-state index is -1.04. The van der Waals surface area contributed by atoms with E-state index in [0.717, 1.165) is 18.9 Å². The van der Waals surface area contributed by atoms with Gasteiger partial charge in [-0.2, -0.15) is 0 Å². The van der Waals surface area contributed by atoms with Gasteiger partial charge in [0, 0.05) is 12.0 Å². The summed E-state index contributed by atoms with van der Waals surface area (Å²) in [5, 5.41) is 9.28. The fourth-order valence-electron chi connectivity index (χ4n) is 1.03. The molecule has 0 fully saturated rings. The molecule has 0 saturated heterocycles. The molecule has 2 nitrogen and oxygen atoms in total. The number of rotatable bonds is 5. The smallest absolute Gasteiger partial charge is 0.189 e. The molecule has 0 bridgehead atoms. The van der Waals surface area contributed by atoms with Crippen LogP contribution in [0.1, 0.15) is 26.7 Å². The van der Waals surface area contributed by atoms with E-state index in [9.17, 15) is 14.3 Å². The Morgan fingerprint density at radius 1 is 1.50 bits per heavy atom. The largest absolute Gasteiger partial charge is 0.512 e. The van der Waals surface area contributed by atoms with Crippen LogP contribution in [0.3, 0.4) is 0 Å². The molecule has 0 atom stereocenters. The highest BCUT2D eigenvalue weighted by atomic mass is 19.1. The molecule has 12 heavy (non-hydrogen) atoms. The van der Waals surface area contributed by atoms with E-state index < -0.39 is 12.5 Å². The first-order valence-electron chi connectivity index (χ1n) is 4.15. The van der Waals surface area contributed by atoms with Crippen LogP contribution in [0.25, 0.3) is 0 Å². The summed E-state index contributed by atoms with van der Waals surface area (Å²) in [5.41, 5.74) is 0. The molecule has 0 heterocycles. The second-order valence-corrected chi connectivity index (χ2v) is 2.68. The fraction of sp³-hybridized carbons (Fsp3) is 0.667. The molecule has 1 N–H and O–H groups in total. The summed E-state index contributed by atoms with van der Waals surface area (Å²) in [6.07, 6.45) is 2.51. The van der Waals surface area contributed by atoms with Crippen molar-refractivity contribution in [2.24, 2.45) is 5.92 Å². The number of halogens is 1. The van der Waals surface area contributed by atoms with Gasteiger partial charge in [0.2, 0.25) is 0 Å². The molecule has 0 spiro atoms. The van der Waals surface area contributed by atoms with Crippen molar-refractivity contribution in [2.75, 3.05) is 6.67 Å². The minimum absolute atomic E-state index is 0.00245. The van der Waals surface area contributed by atoms with Crippen LogP contribution in [0.5, 0.6) is 0 Å². The molecule has 0 aliphatic carbocycles. The Balaban J connectivity index is 4.23. The third-order valence-electron chi connectivity index (χ3n) is 1.84. The Morgan fingerprint density at radius 2 is 2.00 bits per heavy atom. The summed E-state index contributed by atoms with van der Waals surface area (Å²) in [4.78, 5) is 10.5. The summed E-state index contributed by atoms with van der Waals surface area (Å²) >= 11 is 0. The summed E-state index contributed by atoms with van der Waals surface area (Å²) in [5.74, 6) is -0.678. The standard InChI is InChI=1S/C9H15FO2/c1-3-7(4-2)9(12)5-8(11)6-10/h5,7,12H,3-4,6H2,1-2H3/b9-5-. The number of alkyl halides is 1. The van der Waals surface area contributed by atoms with Crippen LogP contribution in [-0.4, -0.2) is 17.6 Å². The van der Waals surface area contributed by atoms with Gasteiger partial charge in [0.25, 0.3) is 0 Å². The van der Waals surface area contributed by atoms with Crippen LogP contribution in [0, 0.1) is 5.92 Å². The van der Waals surface area contributed by atoms with E-state index in [1.54, 1.807) is 0 Å². The Labute approximate surface area is 72.1 Å². The van der Waals surface area contributed by atoms with Crippen molar-refractivity contribution in [3.8, 4) is 0 Å². The number of hydrogen-bond acceptors (Lipinski definition) is 2. The van der Waals surface area contributed by atoms with Gasteiger partial charge in [0.05, 0.1) is 5.76 Å². The van der Waals surface area contributed by atoms with Crippen LogP contribution < -0.4 is 0 Å². The summed E-state index contributed by atoms with van der Waals surface area (Å²) in [7, 11) is 0. The zero-order valence-electron chi connectivity index (χ0n) is 7.51. The normalized spacial score (nSPS) is 12.2. The third-order valence-corrected chi connectivity index (χ3v) is 1.84. The fourth-order valence-corrected chi connectivity index (χ4v) is 1.03. The maximum absolute atomic E-state index is 11.7. The summed E-state index contributed by atoms with van der Waals surface area (Å²) in [6, 6.07) is 0. The quantitative estimate of drug-likeness (QED) is 0.513. The monoisotopic (exact) mass is 174 g/mol. The van der Waals surface area contributed by atoms with Gasteiger partial charge in [-0.25, -0.2) is 4.39 Å². The van der Waals surface area contributed by atoms with E-state index >= 15 is 0 Å². The molecule has 0 aliphatic rings. The van der Waals surface area contributed by atoms with Crippen molar-refractivity contribution in [3.05, 3.63) is 11.8 Å². The van der Waals surface area contributed by atoms with E-state index in [4.69, 9.17) is 0 Å². The van der Waals surface area contributed by atoms with Gasteiger partial charge in [-0.3, -0.25) is 4.79 Å². The highest BCUT2D eigenvalue weighted by Gasteiger charge is 2.09. The molecule has 0 aliphatic heterocycles. The molecule has 3 heteroatoms. The first-order chi connectivity index (χ1) is 5.65. The Bertz CT molecular complexity index is 171. The lowest BCUT2D eigenvalue weighted by Gasteiger charge is -2.09. The molecule has 70 valence electrons. The van der Waals surface area contributed by atoms with Gasteiger partial charge < -0.3 is 5.11 Å². The van der Waals surface area contributed by atoms with Crippen LogP contribution in [0.4, 0.5) is 4.39 Å². The second-order valence-electron chi connectivity index (χ2n) is 2.68. The molecule has 0 rings (SSSR count). The van der Waals surface area contributed by atoms with Crippen LogP contribution in [0.15, 0.2) is 11.8 Å². The van der Waals surface area contributed by atoms with E-state index in [1.807, 2.05) is 13.8 Å². The highest BCUT2D eigenvalue weighted by molar-refractivity contribution is 5.90. The van der Waals surface area contributed by atoms with E-state index in [1.165, 1.54) is 0 Å². The van der Waals surface area contributed by atoms with Crippen molar-refractivity contribution < 1.29 is 14.3 Å². The number of hydrogen-bond donors (Lipinski definition) is 1. The Kier molecular flexibility index (Phi) is 5.34. The average Bonchev–Trinajstić information content (AvgIpc) is 2.06. The lowest BCUT2D eigenvalue weighted by atomic mass is 10.0. The first kappa shape index (κ1) is 11.1. The molecular weight excluding hydrogens is 159 g/mol. The van der Waals surface area contributed by atoms with Crippen molar-refractivity contribution in [2.45, 2.75) is 26.7 Å². The molecule has 0 saturated carbocycles. The molecular formula is C9H15FO2. The summed E-state index contributed by atoms with van der Waals surface area (Å²) in [6.45, 7) is 2.79. The molecule has 0 aromatic rings. The number of ketones is 1. The van der Waals surface area contributed by atoms with Crippen molar-refractivity contribution in [3.63, 3.8) is 0 Å². The zero-order chi connectivity index (χ0) is 9.56. The number of aliphatic hydroxyl groups excluding tert-OH is 1. The van der Waals surface area contributed by atoms with Gasteiger partial charge >= 0.3 is 0 Å². The molecule has 0 unspecified atom stereocenters. The molecule has 0 radical (unpaired) electrons. The predicted octanol–water partition coefficient (Wildman–Crippen LogP) is 2.40. The van der Waals surface area contributed by atoms with Crippen LogP contribution in [-0.2, 0) is 4.79 Å². The number of carbonyl (C=O) groups is 1. The lowest BCUT2D eigenvalue weighted by molar-refractivity contribution is -0.115. The SMILES string of the molecule is CCC(CC)/C(O)=C/C(=O)CF. The first-order valence-corrected chi connectivity index (χ1v) is 4.15. The van der Waals surface area contributed by atoms with Gasteiger partial charge in [-0.1, -0.05) is 13.8 Å². The van der Waals surface area contributed by atoms with Crippen molar-refractivity contribution >= 4 is 5.78 Å². The van der Waals surface area contributed by atoms with Gasteiger partial charge in [0.1, 0.15) is 0 Å². The van der Waals surface area contributed by atoms with Crippen LogP contribution in [0.2, 0.25) is 0 Å². The third kappa shape index (κ3) is 3.51. The second kappa shape index (κ2) is 5.75. The highest BCUT2D eigenvalue weighted by Crippen LogP contribution is 2.15. The molecule has 0 aromatic carbocycles. The molecule has 0 amide bonds. The zero-order valence-corrected chi connectivity index (χ0v) is 7.51. The van der Waals surface area contributed by atoms with Crippen molar-refractivity contribution in [1.29, 1.82) is 0 Å². The summed E-state index contributed by atoms with van der Waals surface area (Å²) < 4.78 is 11.7. The lowest BCUT2D eigenvalue weighted by Crippen LogP contribution is -2.05. The number of allylic oxidation sites excluding steroid dienone is 2. The van der Waals surface area contributed by atoms with Gasteiger partial charge in [0.15, 0.2) is 12.5 Å². The minimum Gasteiger partial charge on any atom is -0.512 e. The van der Waals surface area contributed by atoms with E-state index in [2.05, 4.69) is 0 Å². The predicted molar refractivity (Wildman–Crippen MR) is 45.8 cm³/mol. The number of aliphatic hydroxyl groups is 1. The van der Waals surface area contributed by atoms with Crippen molar-refractivity contribution in [1.82, 2.24) is 0 Å². The molecule has 0 aromatic heterocycles. The maximum Gasteiger partial charge on any atom is 0.189 e. The van der Waals surface area contributed by atoms with E-state index in [0.29, 0.717) is 0 Å². The average molecular weight is 174 g/mol. The topological polar surface area (TPSA) is 37.3 Å². The van der Waals surface area contributed by atoms with Gasteiger partial charge in [-0.05, 0) is 12.8 Å². The Hall–Kier alpha value is -0.860. The maximum atomic E-state index is 11.7. The Morgan fingerprint density at radius 3 is 2.33 bits per heavy atom. The van der Waals surface area contributed by atoms with Gasteiger partial charge in [-0.15, -0.1) is 0 Å². The van der Waals surface area contributed by atoms with Crippen LogP contribution >= 0.6 is 0 Å².